The van der Waals surface area contributed by atoms with Crippen LogP contribution in [0.25, 0.3) is 93.0 Å². The van der Waals surface area contributed by atoms with Gasteiger partial charge in [-0.1, -0.05) is 115 Å². The molecule has 52 heavy (non-hydrogen) atoms. The molecule has 0 amide bonds. The highest BCUT2D eigenvalue weighted by molar-refractivity contribution is 7.98. The number of para-hydroxylation sites is 1. The first-order chi connectivity index (χ1) is 25.7. The lowest BCUT2D eigenvalue weighted by Crippen LogP contribution is -2.00. The minimum Gasteiger partial charge on any atom is -0.309 e. The van der Waals surface area contributed by atoms with Gasteiger partial charge in [-0.15, -0.1) is 23.1 Å². The third-order valence-electron chi connectivity index (χ3n) is 9.76. The van der Waals surface area contributed by atoms with E-state index in [9.17, 15) is 0 Å². The molecule has 0 spiro atoms. The van der Waals surface area contributed by atoms with Gasteiger partial charge in [-0.3, -0.25) is 0 Å². The molecule has 3 heterocycles. The van der Waals surface area contributed by atoms with Gasteiger partial charge in [0.25, 0.3) is 0 Å². The summed E-state index contributed by atoms with van der Waals surface area (Å²) in [7, 11) is 0. The summed E-state index contributed by atoms with van der Waals surface area (Å²) in [5, 5.41) is 5.06. The first kappa shape index (κ1) is 30.7. The van der Waals surface area contributed by atoms with Crippen LogP contribution in [-0.2, 0) is 0 Å². The molecule has 4 nitrogen and oxygen atoms in total. The van der Waals surface area contributed by atoms with E-state index in [2.05, 4.69) is 114 Å². The molecule has 0 aliphatic rings. The van der Waals surface area contributed by atoms with Gasteiger partial charge in [0.2, 0.25) is 0 Å². The molecule has 10 aromatic rings. The third-order valence-corrected chi connectivity index (χ3v) is 11.8. The Kier molecular flexibility index (Phi) is 7.44. The second-order valence-electron chi connectivity index (χ2n) is 12.8. The second kappa shape index (κ2) is 12.6. The van der Waals surface area contributed by atoms with Crippen LogP contribution >= 0.6 is 23.1 Å². The van der Waals surface area contributed by atoms with Crippen LogP contribution in [-0.4, -0.2) is 25.8 Å². The zero-order valence-electron chi connectivity index (χ0n) is 28.2. The monoisotopic (exact) mass is 702 g/mol. The minimum absolute atomic E-state index is 0.643. The van der Waals surface area contributed by atoms with Gasteiger partial charge < -0.3 is 4.57 Å². The summed E-state index contributed by atoms with van der Waals surface area (Å²) in [4.78, 5) is 16.1. The Morgan fingerprint density at radius 2 is 1.06 bits per heavy atom. The Bertz CT molecular complexity index is 2870. The molecular weight excluding hydrogens is 673 g/mol. The summed E-state index contributed by atoms with van der Waals surface area (Å²) < 4.78 is 5.04. The summed E-state index contributed by atoms with van der Waals surface area (Å²) in [6.07, 6.45) is 2.16. The van der Waals surface area contributed by atoms with Gasteiger partial charge in [0.15, 0.2) is 17.5 Å². The molecule has 0 aliphatic heterocycles. The first-order valence-electron chi connectivity index (χ1n) is 17.2. The van der Waals surface area contributed by atoms with Crippen LogP contribution in [0.15, 0.2) is 169 Å². The van der Waals surface area contributed by atoms with E-state index >= 15 is 0 Å². The average molecular weight is 703 g/mol. The Labute approximate surface area is 309 Å². The number of thioether (sulfide) groups is 1. The molecule has 10 rings (SSSR count). The standard InChI is InChI=1S/C46H30N4S2/c1-51-39-22-12-9-19-34(39)37-28-36-33-18-8-11-21-38(33)50(42(36)41-35-20-10-13-23-40(35)52-43(37)41)32-26-24-31(25-27-32)46-48-44(29-14-4-2-5-15-29)47-45(49-46)30-16-6-3-7-17-30/h2-28H,1H3. The Balaban J connectivity index is 1.20. The normalized spacial score (nSPS) is 11.6. The second-order valence-corrected chi connectivity index (χ2v) is 14.7. The summed E-state index contributed by atoms with van der Waals surface area (Å²) >= 11 is 3.69. The molecule has 0 fully saturated rings. The highest BCUT2D eigenvalue weighted by Gasteiger charge is 2.22. The molecule has 0 saturated heterocycles. The molecule has 0 atom stereocenters. The van der Waals surface area contributed by atoms with Crippen molar-refractivity contribution in [1.82, 2.24) is 19.5 Å². The van der Waals surface area contributed by atoms with Gasteiger partial charge >= 0.3 is 0 Å². The van der Waals surface area contributed by atoms with E-state index in [-0.39, 0.29) is 0 Å². The van der Waals surface area contributed by atoms with Crippen LogP contribution in [0.5, 0.6) is 0 Å². The number of fused-ring (bicyclic) bond motifs is 7. The summed E-state index contributed by atoms with van der Waals surface area (Å²) in [6, 6.07) is 57.7. The lowest BCUT2D eigenvalue weighted by Gasteiger charge is -2.13. The van der Waals surface area contributed by atoms with E-state index in [1.165, 1.54) is 58.0 Å². The fourth-order valence-corrected chi connectivity index (χ4v) is 9.22. The minimum atomic E-state index is 0.643. The Morgan fingerprint density at radius 1 is 0.500 bits per heavy atom. The van der Waals surface area contributed by atoms with Crippen molar-refractivity contribution in [2.75, 3.05) is 6.26 Å². The summed E-state index contributed by atoms with van der Waals surface area (Å²) in [5.41, 5.74) is 8.89. The summed E-state index contributed by atoms with van der Waals surface area (Å²) in [6.45, 7) is 0. The molecular formula is C46H30N4S2. The number of aromatic nitrogens is 4. The molecule has 0 N–H and O–H groups in total. The maximum absolute atomic E-state index is 4.98. The predicted molar refractivity (Wildman–Crippen MR) is 221 cm³/mol. The lowest BCUT2D eigenvalue weighted by molar-refractivity contribution is 1.07. The Hall–Kier alpha value is -6.08. The van der Waals surface area contributed by atoms with Crippen LogP contribution in [0.3, 0.4) is 0 Å². The molecule has 0 aliphatic carbocycles. The maximum Gasteiger partial charge on any atom is 0.164 e. The SMILES string of the molecule is CSc1ccccc1-c1cc2c3ccccc3n(-c3ccc(-c4nc(-c5ccccc5)nc(-c5ccccc5)n4)cc3)c2c2c1sc1ccccc12. The number of benzene rings is 7. The molecule has 0 radical (unpaired) electrons. The quantitative estimate of drug-likeness (QED) is 0.162. The number of nitrogens with zero attached hydrogens (tertiary/aromatic N) is 4. The van der Waals surface area contributed by atoms with E-state index in [0.717, 1.165) is 22.4 Å². The molecule has 7 aromatic carbocycles. The van der Waals surface area contributed by atoms with Gasteiger partial charge in [0.1, 0.15) is 0 Å². The van der Waals surface area contributed by atoms with Crippen LogP contribution in [0.2, 0.25) is 0 Å². The highest BCUT2D eigenvalue weighted by atomic mass is 32.2. The highest BCUT2D eigenvalue weighted by Crippen LogP contribution is 2.48. The number of hydrogen-bond donors (Lipinski definition) is 0. The van der Waals surface area contributed by atoms with Gasteiger partial charge in [0, 0.05) is 63.8 Å². The molecule has 6 heteroatoms. The van der Waals surface area contributed by atoms with Gasteiger partial charge in [0.05, 0.1) is 11.0 Å². The van der Waals surface area contributed by atoms with Gasteiger partial charge in [-0.2, -0.15) is 0 Å². The van der Waals surface area contributed by atoms with Crippen LogP contribution in [0, 0.1) is 0 Å². The van der Waals surface area contributed by atoms with Crippen molar-refractivity contribution in [3.05, 3.63) is 164 Å². The van der Waals surface area contributed by atoms with Gasteiger partial charge in [-0.25, -0.2) is 15.0 Å². The lowest BCUT2D eigenvalue weighted by atomic mass is 9.99. The van der Waals surface area contributed by atoms with Crippen LogP contribution in [0.1, 0.15) is 0 Å². The number of thiophene rings is 1. The van der Waals surface area contributed by atoms with E-state index in [4.69, 9.17) is 15.0 Å². The van der Waals surface area contributed by atoms with Crippen LogP contribution in [0.4, 0.5) is 0 Å². The van der Waals surface area contributed by atoms with Crippen LogP contribution < -0.4 is 0 Å². The van der Waals surface area contributed by atoms with E-state index in [0.29, 0.717) is 17.5 Å². The van der Waals surface area contributed by atoms with E-state index < -0.39 is 0 Å². The molecule has 246 valence electrons. The van der Waals surface area contributed by atoms with Crippen molar-refractivity contribution in [1.29, 1.82) is 0 Å². The number of rotatable bonds is 6. The zero-order valence-corrected chi connectivity index (χ0v) is 29.8. The zero-order chi connectivity index (χ0) is 34.6. The topological polar surface area (TPSA) is 43.6 Å². The van der Waals surface area contributed by atoms with Crippen molar-refractivity contribution < 1.29 is 0 Å². The van der Waals surface area contributed by atoms with Crippen molar-refractivity contribution in [2.45, 2.75) is 4.90 Å². The maximum atomic E-state index is 4.98. The first-order valence-corrected chi connectivity index (χ1v) is 19.3. The van der Waals surface area contributed by atoms with E-state index in [1.807, 2.05) is 72.0 Å². The van der Waals surface area contributed by atoms with Crippen molar-refractivity contribution in [2.24, 2.45) is 0 Å². The molecule has 0 bridgehead atoms. The smallest absolute Gasteiger partial charge is 0.164 e. The van der Waals surface area contributed by atoms with Gasteiger partial charge in [-0.05, 0) is 60.4 Å². The number of hydrogen-bond acceptors (Lipinski definition) is 5. The van der Waals surface area contributed by atoms with Crippen molar-refractivity contribution >= 4 is 65.1 Å². The predicted octanol–water partition coefficient (Wildman–Crippen LogP) is 12.7. The van der Waals surface area contributed by atoms with Crippen molar-refractivity contribution in [3.63, 3.8) is 0 Å². The molecule has 3 aromatic heterocycles. The third kappa shape index (κ3) is 5.02. The Morgan fingerprint density at radius 3 is 1.73 bits per heavy atom. The molecule has 0 saturated carbocycles. The molecule has 0 unspecified atom stereocenters. The fourth-order valence-electron chi connectivity index (χ4n) is 7.37. The van der Waals surface area contributed by atoms with E-state index in [1.54, 1.807) is 11.8 Å². The fraction of sp³-hybridized carbons (Fsp3) is 0.0217. The largest absolute Gasteiger partial charge is 0.309 e. The average Bonchev–Trinajstić information content (AvgIpc) is 3.77. The summed E-state index contributed by atoms with van der Waals surface area (Å²) in [5.74, 6) is 1.95. The van der Waals surface area contributed by atoms with Crippen molar-refractivity contribution in [3.8, 4) is 51.0 Å².